The number of ether oxygens (including phenoxy) is 2. The number of carbonyl (C=O) groups excluding carboxylic acids is 2. The summed E-state index contributed by atoms with van der Waals surface area (Å²) in [6.07, 6.45) is 10.7. The lowest BCUT2D eigenvalue weighted by Crippen LogP contribution is -2.38. The number of pyridine rings is 3. The van der Waals surface area contributed by atoms with Crippen LogP contribution < -0.4 is 13.7 Å². The number of carbonyl (C=O) groups is 2. The fourth-order valence-corrected chi connectivity index (χ4v) is 11.0. The van der Waals surface area contributed by atoms with Crippen LogP contribution in [-0.4, -0.2) is 80.8 Å². The first kappa shape index (κ1) is 54.9. The van der Waals surface area contributed by atoms with Gasteiger partial charge in [-0.1, -0.05) is 79.7 Å². The fraction of sp³-hybridized carbons (Fsp3) is 0.426. The van der Waals surface area contributed by atoms with E-state index in [1.807, 2.05) is 71.2 Å². The Morgan fingerprint density at radius 1 is 0.493 bits per heavy atom. The highest BCUT2D eigenvalue weighted by Gasteiger charge is 2.42. The van der Waals surface area contributed by atoms with Crippen molar-refractivity contribution >= 4 is 12.6 Å². The molecule has 13 atom stereocenters. The van der Waals surface area contributed by atoms with Gasteiger partial charge in [-0.2, -0.15) is 0 Å². The molecule has 5 N–H and O–H groups in total. The van der Waals surface area contributed by atoms with Gasteiger partial charge in [0.2, 0.25) is 0 Å². The van der Waals surface area contributed by atoms with Crippen LogP contribution in [-0.2, 0) is 37.0 Å². The second-order valence-corrected chi connectivity index (χ2v) is 20.8. The Balaban J connectivity index is 1.32. The van der Waals surface area contributed by atoms with Gasteiger partial charge in [0.25, 0.3) is 0 Å². The van der Waals surface area contributed by atoms with Crippen molar-refractivity contribution in [2.45, 2.75) is 144 Å². The number of aliphatic hydroxyl groups excluding tert-OH is 5. The number of benzene rings is 3. The lowest BCUT2D eigenvalue weighted by Gasteiger charge is -2.42. The Morgan fingerprint density at radius 3 is 1.37 bits per heavy atom. The van der Waals surface area contributed by atoms with Crippen molar-refractivity contribution < 1.29 is 58.3 Å². The van der Waals surface area contributed by atoms with Gasteiger partial charge in [0, 0.05) is 59.5 Å². The Labute approximate surface area is 431 Å². The van der Waals surface area contributed by atoms with E-state index in [-0.39, 0.29) is 61.7 Å². The van der Waals surface area contributed by atoms with Crippen LogP contribution >= 0.6 is 0 Å². The highest BCUT2D eigenvalue weighted by atomic mass is 16.7. The lowest BCUT2D eigenvalue weighted by atomic mass is 9.61. The molecule has 4 heterocycles. The summed E-state index contributed by atoms with van der Waals surface area (Å²) in [6.45, 7) is 5.54. The second kappa shape index (κ2) is 25.9. The van der Waals surface area contributed by atoms with E-state index in [9.17, 15) is 35.1 Å². The number of hydrogen-bond acceptors (Lipinski definition) is 9. The average molecular weight is 995 g/mol. The maximum absolute atomic E-state index is 12.2. The number of hydrogen-bond donors (Lipinski definition) is 5. The second-order valence-electron chi connectivity index (χ2n) is 20.8. The molecule has 12 nitrogen and oxygen atoms in total. The number of nitrogens with zero attached hydrogens (tertiary/aromatic N) is 3. The van der Waals surface area contributed by atoms with Gasteiger partial charge in [0.15, 0.2) is 43.5 Å². The van der Waals surface area contributed by atoms with Crippen molar-refractivity contribution in [3.63, 3.8) is 0 Å². The van der Waals surface area contributed by atoms with Crippen LogP contribution in [0.5, 0.6) is 0 Å². The Bertz CT molecular complexity index is 2620. The summed E-state index contributed by atoms with van der Waals surface area (Å²) in [5, 5.41) is 52.3. The molecular formula is C61H76N3O9+3. The first-order valence-corrected chi connectivity index (χ1v) is 25.8. The van der Waals surface area contributed by atoms with E-state index in [0.717, 1.165) is 46.0 Å². The molecule has 12 unspecified atom stereocenters. The highest BCUT2D eigenvalue weighted by Crippen LogP contribution is 2.55. The van der Waals surface area contributed by atoms with Crippen molar-refractivity contribution in [2.24, 2.45) is 21.1 Å². The predicted octanol–water partition coefficient (Wildman–Crippen LogP) is 7.23. The minimum absolute atomic E-state index is 0.0124. The Hall–Kier alpha value is -5.83. The van der Waals surface area contributed by atoms with Crippen molar-refractivity contribution in [3.05, 3.63) is 196 Å². The normalized spacial score (nSPS) is 20.1. The molecule has 0 bridgehead atoms. The monoisotopic (exact) mass is 995 g/mol. The van der Waals surface area contributed by atoms with Crippen LogP contribution in [0.15, 0.2) is 146 Å². The Kier molecular flexibility index (Phi) is 19.5. The molecule has 1 aliphatic heterocycles. The molecule has 0 spiro atoms. The van der Waals surface area contributed by atoms with Crippen molar-refractivity contribution in [1.29, 1.82) is 0 Å². The topological polar surface area (TPSA) is 165 Å². The van der Waals surface area contributed by atoms with Crippen LogP contribution in [0.4, 0.5) is 0 Å². The van der Waals surface area contributed by atoms with Gasteiger partial charge in [-0.15, -0.1) is 0 Å². The van der Waals surface area contributed by atoms with E-state index < -0.39 is 49.0 Å². The fourth-order valence-electron chi connectivity index (χ4n) is 11.0. The molecule has 1 fully saturated rings. The predicted molar refractivity (Wildman–Crippen MR) is 278 cm³/mol. The molecule has 386 valence electrons. The zero-order chi connectivity index (χ0) is 52.2. The average Bonchev–Trinajstić information content (AvgIpc) is 3.36. The zero-order valence-corrected chi connectivity index (χ0v) is 43.2. The van der Waals surface area contributed by atoms with Crippen LogP contribution in [0.25, 0.3) is 0 Å². The van der Waals surface area contributed by atoms with Gasteiger partial charge < -0.3 is 35.0 Å². The van der Waals surface area contributed by atoms with Crippen molar-refractivity contribution in [1.82, 2.24) is 0 Å². The first-order chi connectivity index (χ1) is 35.1. The highest BCUT2D eigenvalue weighted by molar-refractivity contribution is 5.75. The smallest absolute Gasteiger partial charge is 0.184 e. The van der Waals surface area contributed by atoms with E-state index in [2.05, 4.69) is 117 Å². The molecule has 0 radical (unpaired) electrons. The SMILES string of the molecule is CC(O)CC(O)CC(O)CC1CC(CC(O)CC(C)O)OC(c2ccc(CC(c3cc[n+](C)cc3)C(c3cc[n+](C)cc3)C(c3ccc(C=O)cc3)C(c3ccc(C=O)cc3)[C@@H](C)c3cc[n+](C)cc3)cc2)O1. The lowest BCUT2D eigenvalue weighted by molar-refractivity contribution is -0.671. The molecule has 73 heavy (non-hydrogen) atoms. The van der Waals surface area contributed by atoms with E-state index in [1.165, 1.54) is 5.56 Å². The zero-order valence-electron chi connectivity index (χ0n) is 43.2. The molecule has 6 aromatic rings. The molecule has 0 amide bonds. The number of aldehydes is 2. The molecule has 1 saturated heterocycles. The molecule has 0 aliphatic carbocycles. The summed E-state index contributed by atoms with van der Waals surface area (Å²) in [7, 11) is 6.05. The molecule has 3 aromatic carbocycles. The molecule has 12 heteroatoms. The van der Waals surface area contributed by atoms with Crippen LogP contribution in [0.3, 0.4) is 0 Å². The molecule has 0 saturated carbocycles. The Morgan fingerprint density at radius 2 is 0.904 bits per heavy atom. The third-order valence-electron chi connectivity index (χ3n) is 14.7. The first-order valence-electron chi connectivity index (χ1n) is 25.8. The third-order valence-corrected chi connectivity index (χ3v) is 14.7. The molecule has 7 rings (SSSR count). The van der Waals surface area contributed by atoms with Gasteiger partial charge in [-0.05, 0) is 115 Å². The molecular weight excluding hydrogens is 919 g/mol. The van der Waals surface area contributed by atoms with Crippen LogP contribution in [0.2, 0.25) is 0 Å². The van der Waals surface area contributed by atoms with E-state index in [0.29, 0.717) is 24.0 Å². The number of rotatable bonds is 24. The maximum Gasteiger partial charge on any atom is 0.184 e. The van der Waals surface area contributed by atoms with Crippen LogP contribution in [0.1, 0.15) is 155 Å². The van der Waals surface area contributed by atoms with Gasteiger partial charge in [0.1, 0.15) is 33.7 Å². The molecule has 1 aliphatic rings. The van der Waals surface area contributed by atoms with Crippen molar-refractivity contribution in [2.75, 3.05) is 0 Å². The van der Waals surface area contributed by atoms with E-state index in [1.54, 1.807) is 13.8 Å². The van der Waals surface area contributed by atoms with E-state index >= 15 is 0 Å². The summed E-state index contributed by atoms with van der Waals surface area (Å²) in [6, 6.07) is 37.6. The van der Waals surface area contributed by atoms with Gasteiger partial charge in [-0.3, -0.25) is 9.59 Å². The minimum atomic E-state index is -0.888. The third kappa shape index (κ3) is 15.1. The summed E-state index contributed by atoms with van der Waals surface area (Å²) in [5.74, 6) is -0.576. The van der Waals surface area contributed by atoms with Crippen molar-refractivity contribution in [3.8, 4) is 0 Å². The summed E-state index contributed by atoms with van der Waals surface area (Å²) in [5.41, 5.74) is 8.71. The standard InChI is InChI=1S/C61H76N3O9/c1-40(67)31-52(69)34-54(71)36-56-37-55(35-53(70)32-41(2)68)72-61(73-56)51-17-7-43(8-18-51)33-57(47-21-27-63(5)28-22-47)59(50-23-29-64(6)30-24-50)60(49-15-11-45(39-66)12-16-49)58(48-13-9-44(38-65)10-14-48)42(3)46-19-25-62(4)26-20-46/h7-30,38-42,52-61,67-71H,31-37H2,1-6H3/q+3/t40?,41?,42-,52?,53?,54?,55?,56?,57?,58?,59?,60?,61?/m0/s1. The largest absolute Gasteiger partial charge is 0.393 e. The quantitative estimate of drug-likeness (QED) is 0.0311. The summed E-state index contributed by atoms with van der Waals surface area (Å²) < 4.78 is 19.2. The summed E-state index contributed by atoms with van der Waals surface area (Å²) >= 11 is 0. The minimum Gasteiger partial charge on any atom is -0.393 e. The van der Waals surface area contributed by atoms with Gasteiger partial charge in [-0.25, -0.2) is 13.7 Å². The molecule has 3 aromatic heterocycles. The number of aryl methyl sites for hydroxylation is 3. The maximum atomic E-state index is 12.2. The number of aromatic nitrogens is 3. The number of aliphatic hydroxyl groups is 5. The summed E-state index contributed by atoms with van der Waals surface area (Å²) in [4.78, 5) is 24.3. The van der Waals surface area contributed by atoms with Crippen LogP contribution in [0, 0.1) is 0 Å². The van der Waals surface area contributed by atoms with E-state index in [4.69, 9.17) is 9.47 Å². The van der Waals surface area contributed by atoms with Gasteiger partial charge >= 0.3 is 0 Å². The van der Waals surface area contributed by atoms with Gasteiger partial charge in [0.05, 0.1) is 42.7 Å².